The summed E-state index contributed by atoms with van der Waals surface area (Å²) in [7, 11) is 0. The maximum Gasteiger partial charge on any atom is 0.151 e. The molecule has 0 aliphatic carbocycles. The number of nitrogens with one attached hydrogen (secondary N) is 1. The van der Waals surface area contributed by atoms with E-state index in [4.69, 9.17) is 0 Å². The molecule has 0 aromatic carbocycles. The summed E-state index contributed by atoms with van der Waals surface area (Å²) in [6.45, 7) is 9.47. The molecule has 0 amide bonds. The van der Waals surface area contributed by atoms with Gasteiger partial charge in [-0.15, -0.1) is 5.10 Å². The van der Waals surface area contributed by atoms with Crippen molar-refractivity contribution < 1.29 is 0 Å². The third-order valence-corrected chi connectivity index (χ3v) is 4.78. The number of rotatable bonds is 4. The summed E-state index contributed by atoms with van der Waals surface area (Å²) >= 11 is 2.04. The van der Waals surface area contributed by atoms with E-state index in [1.165, 1.54) is 5.75 Å². The van der Waals surface area contributed by atoms with Gasteiger partial charge in [-0.05, 0) is 25.6 Å². The molecule has 1 aromatic heterocycles. The van der Waals surface area contributed by atoms with Crippen molar-refractivity contribution >= 4 is 17.6 Å². The van der Waals surface area contributed by atoms with Gasteiger partial charge < -0.3 is 10.2 Å². The minimum atomic E-state index is 0.526. The van der Waals surface area contributed by atoms with Gasteiger partial charge in [-0.3, -0.25) is 0 Å². The first kappa shape index (κ1) is 13.6. The van der Waals surface area contributed by atoms with E-state index in [1.54, 1.807) is 0 Å². The van der Waals surface area contributed by atoms with Crippen LogP contribution in [0.2, 0.25) is 0 Å². The van der Waals surface area contributed by atoms with Crippen LogP contribution in [0.1, 0.15) is 26.5 Å². The first-order valence-corrected chi connectivity index (χ1v) is 7.68. The van der Waals surface area contributed by atoms with E-state index in [2.05, 4.69) is 53.3 Å². The predicted octanol–water partition coefficient (Wildman–Crippen LogP) is 1.92. The Bertz CT molecular complexity index is 368. The summed E-state index contributed by atoms with van der Waals surface area (Å²) in [5, 5.41) is 12.6. The van der Waals surface area contributed by atoms with Gasteiger partial charge in [0.1, 0.15) is 0 Å². The van der Waals surface area contributed by atoms with E-state index in [0.29, 0.717) is 11.3 Å². The first-order valence-electron chi connectivity index (χ1n) is 6.64. The van der Waals surface area contributed by atoms with Crippen LogP contribution in [0.3, 0.4) is 0 Å². The van der Waals surface area contributed by atoms with Crippen molar-refractivity contribution in [3.05, 3.63) is 17.8 Å². The highest BCUT2D eigenvalue weighted by atomic mass is 32.2. The SMILES string of the molecule is CCNCc1ccc(N2CCSC(C)C2C)nn1. The Morgan fingerprint density at radius 1 is 1.39 bits per heavy atom. The lowest BCUT2D eigenvalue weighted by molar-refractivity contribution is 0.613. The molecular formula is C13H22N4S. The molecule has 2 heterocycles. The van der Waals surface area contributed by atoms with Crippen molar-refractivity contribution in [2.75, 3.05) is 23.7 Å². The molecule has 2 atom stereocenters. The topological polar surface area (TPSA) is 41.0 Å². The van der Waals surface area contributed by atoms with Gasteiger partial charge in [0.15, 0.2) is 5.82 Å². The zero-order valence-corrected chi connectivity index (χ0v) is 12.2. The smallest absolute Gasteiger partial charge is 0.151 e. The molecule has 2 rings (SSSR count). The van der Waals surface area contributed by atoms with Crippen LogP contribution in [0.25, 0.3) is 0 Å². The average Bonchev–Trinajstić information content (AvgIpc) is 2.40. The highest BCUT2D eigenvalue weighted by molar-refractivity contribution is 8.00. The summed E-state index contributed by atoms with van der Waals surface area (Å²) in [6, 6.07) is 4.70. The molecule has 100 valence electrons. The fourth-order valence-electron chi connectivity index (χ4n) is 2.11. The van der Waals surface area contributed by atoms with Crippen LogP contribution >= 0.6 is 11.8 Å². The third kappa shape index (κ3) is 3.14. The molecule has 2 unspecified atom stereocenters. The second-order valence-corrected chi connectivity index (χ2v) is 6.16. The largest absolute Gasteiger partial charge is 0.350 e. The predicted molar refractivity (Wildman–Crippen MR) is 78.1 cm³/mol. The van der Waals surface area contributed by atoms with E-state index in [9.17, 15) is 0 Å². The van der Waals surface area contributed by atoms with Gasteiger partial charge in [0, 0.05) is 30.1 Å². The van der Waals surface area contributed by atoms with Gasteiger partial charge >= 0.3 is 0 Å². The number of thioether (sulfide) groups is 1. The number of anilines is 1. The second-order valence-electron chi connectivity index (χ2n) is 4.67. The Morgan fingerprint density at radius 2 is 2.22 bits per heavy atom. The number of nitrogens with zero attached hydrogens (tertiary/aromatic N) is 3. The van der Waals surface area contributed by atoms with Crippen molar-refractivity contribution in [2.24, 2.45) is 0 Å². The van der Waals surface area contributed by atoms with Crippen LogP contribution in [0.5, 0.6) is 0 Å². The monoisotopic (exact) mass is 266 g/mol. The Balaban J connectivity index is 2.04. The Kier molecular flexibility index (Phi) is 4.83. The summed E-state index contributed by atoms with van der Waals surface area (Å²) in [5.41, 5.74) is 1.01. The molecule has 1 fully saturated rings. The average molecular weight is 266 g/mol. The molecule has 18 heavy (non-hydrogen) atoms. The molecule has 1 N–H and O–H groups in total. The Morgan fingerprint density at radius 3 is 2.89 bits per heavy atom. The molecule has 0 bridgehead atoms. The third-order valence-electron chi connectivity index (χ3n) is 3.44. The Labute approximate surface area is 114 Å². The molecule has 4 nitrogen and oxygen atoms in total. The molecule has 0 saturated carbocycles. The molecule has 0 spiro atoms. The molecule has 1 aromatic rings. The fraction of sp³-hybridized carbons (Fsp3) is 0.692. The maximum absolute atomic E-state index is 4.37. The summed E-state index contributed by atoms with van der Waals surface area (Å²) in [4.78, 5) is 2.37. The minimum absolute atomic E-state index is 0.526. The van der Waals surface area contributed by atoms with Gasteiger partial charge in [0.05, 0.1) is 5.69 Å². The quantitative estimate of drug-likeness (QED) is 0.901. The molecular weight excluding hydrogens is 244 g/mol. The summed E-state index contributed by atoms with van der Waals surface area (Å²) < 4.78 is 0. The maximum atomic E-state index is 4.37. The van der Waals surface area contributed by atoms with Crippen molar-refractivity contribution in [3.8, 4) is 0 Å². The fourth-order valence-corrected chi connectivity index (χ4v) is 3.21. The highest BCUT2D eigenvalue weighted by Gasteiger charge is 2.26. The van der Waals surface area contributed by atoms with Gasteiger partial charge in [0.2, 0.25) is 0 Å². The number of hydrogen-bond donors (Lipinski definition) is 1. The van der Waals surface area contributed by atoms with Gasteiger partial charge in [-0.1, -0.05) is 13.8 Å². The molecule has 1 aliphatic rings. The number of aromatic nitrogens is 2. The number of hydrogen-bond acceptors (Lipinski definition) is 5. The van der Waals surface area contributed by atoms with Crippen LogP contribution in [0.4, 0.5) is 5.82 Å². The van der Waals surface area contributed by atoms with Crippen LogP contribution in [0, 0.1) is 0 Å². The lowest BCUT2D eigenvalue weighted by Crippen LogP contribution is -2.45. The van der Waals surface area contributed by atoms with Gasteiger partial charge in [-0.2, -0.15) is 16.9 Å². The second kappa shape index (κ2) is 6.38. The van der Waals surface area contributed by atoms with Crippen LogP contribution in [-0.4, -0.2) is 40.3 Å². The highest BCUT2D eigenvalue weighted by Crippen LogP contribution is 2.27. The van der Waals surface area contributed by atoms with E-state index in [0.717, 1.165) is 31.1 Å². The molecule has 5 heteroatoms. The lowest BCUT2D eigenvalue weighted by Gasteiger charge is -2.38. The van der Waals surface area contributed by atoms with E-state index in [1.807, 2.05) is 11.8 Å². The van der Waals surface area contributed by atoms with Crippen molar-refractivity contribution in [1.82, 2.24) is 15.5 Å². The van der Waals surface area contributed by atoms with Crippen molar-refractivity contribution in [1.29, 1.82) is 0 Å². The normalized spacial score (nSPS) is 24.3. The summed E-state index contributed by atoms with van der Waals surface area (Å²) in [6.07, 6.45) is 0. The molecule has 1 aliphatic heterocycles. The Hall–Kier alpha value is -0.810. The van der Waals surface area contributed by atoms with Crippen LogP contribution in [0.15, 0.2) is 12.1 Å². The van der Waals surface area contributed by atoms with Crippen LogP contribution in [-0.2, 0) is 6.54 Å². The molecule has 1 saturated heterocycles. The van der Waals surface area contributed by atoms with E-state index < -0.39 is 0 Å². The van der Waals surface area contributed by atoms with Crippen molar-refractivity contribution in [3.63, 3.8) is 0 Å². The van der Waals surface area contributed by atoms with Gasteiger partial charge in [0.25, 0.3) is 0 Å². The zero-order chi connectivity index (χ0) is 13.0. The molecule has 0 radical (unpaired) electrons. The minimum Gasteiger partial charge on any atom is -0.350 e. The van der Waals surface area contributed by atoms with Gasteiger partial charge in [-0.25, -0.2) is 0 Å². The van der Waals surface area contributed by atoms with Crippen molar-refractivity contribution in [2.45, 2.75) is 38.6 Å². The first-order chi connectivity index (χ1) is 8.72. The zero-order valence-electron chi connectivity index (χ0n) is 11.4. The lowest BCUT2D eigenvalue weighted by atomic mass is 10.2. The van der Waals surface area contributed by atoms with Crippen LogP contribution < -0.4 is 10.2 Å². The standard InChI is InChI=1S/C13H22N4S/c1-4-14-9-12-5-6-13(16-15-12)17-7-8-18-11(3)10(17)2/h5-6,10-11,14H,4,7-9H2,1-3H3. The summed E-state index contributed by atoms with van der Waals surface area (Å²) in [5.74, 6) is 2.18. The van der Waals surface area contributed by atoms with E-state index >= 15 is 0 Å². The van der Waals surface area contributed by atoms with E-state index in [-0.39, 0.29) is 0 Å².